The summed E-state index contributed by atoms with van der Waals surface area (Å²) in [6.07, 6.45) is -0.0517. The van der Waals surface area contributed by atoms with Crippen molar-refractivity contribution >= 4 is 5.97 Å². The standard InChI is InChI=1S/C26H24O4/c1-18-6-9-21(10-7-18)5-4-12-29-25-15-19(2)8-11-24(25)30-23-14-20(3)13-22(16-23)17-26(27)28/h6-11,13-16H,12,17H2,1-3H3,(H,27,28). The fraction of sp³-hybridized carbons (Fsp3) is 0.192. The van der Waals surface area contributed by atoms with Crippen molar-refractivity contribution < 1.29 is 19.4 Å². The molecule has 0 aliphatic carbocycles. The maximum atomic E-state index is 11.0. The number of carboxylic acid groups (broad SMARTS) is 1. The second-order valence-corrected chi connectivity index (χ2v) is 7.23. The SMILES string of the molecule is Cc1ccc(C#CCOc2cc(C)ccc2Oc2cc(C)cc(CC(=O)O)c2)cc1. The molecule has 0 aromatic heterocycles. The number of hydrogen-bond donors (Lipinski definition) is 1. The minimum atomic E-state index is -0.877. The Morgan fingerprint density at radius 2 is 1.60 bits per heavy atom. The second-order valence-electron chi connectivity index (χ2n) is 7.23. The molecule has 1 N–H and O–H groups in total. The van der Waals surface area contributed by atoms with E-state index >= 15 is 0 Å². The lowest BCUT2D eigenvalue weighted by molar-refractivity contribution is -0.136. The van der Waals surface area contributed by atoms with Gasteiger partial charge in [-0.05, 0) is 73.9 Å². The summed E-state index contributed by atoms with van der Waals surface area (Å²) in [6, 6.07) is 19.1. The average molecular weight is 400 g/mol. The zero-order valence-electron chi connectivity index (χ0n) is 17.4. The molecule has 152 valence electrons. The van der Waals surface area contributed by atoms with Crippen molar-refractivity contribution in [1.82, 2.24) is 0 Å². The molecule has 0 unspecified atom stereocenters. The Bertz CT molecular complexity index is 1100. The van der Waals surface area contributed by atoms with Crippen molar-refractivity contribution in [2.45, 2.75) is 27.2 Å². The fourth-order valence-electron chi connectivity index (χ4n) is 2.99. The molecule has 0 saturated carbocycles. The van der Waals surface area contributed by atoms with E-state index in [2.05, 4.69) is 11.8 Å². The van der Waals surface area contributed by atoms with Crippen LogP contribution in [-0.2, 0) is 11.2 Å². The molecule has 3 aromatic rings. The van der Waals surface area contributed by atoms with E-state index in [1.807, 2.05) is 75.4 Å². The largest absolute Gasteiger partial charge is 0.481 e. The van der Waals surface area contributed by atoms with Gasteiger partial charge in [0.1, 0.15) is 12.4 Å². The number of hydrogen-bond acceptors (Lipinski definition) is 3. The van der Waals surface area contributed by atoms with Gasteiger partial charge < -0.3 is 14.6 Å². The van der Waals surface area contributed by atoms with Gasteiger partial charge in [0.2, 0.25) is 0 Å². The maximum absolute atomic E-state index is 11.0. The molecule has 3 rings (SSSR count). The van der Waals surface area contributed by atoms with Crippen molar-refractivity contribution in [1.29, 1.82) is 0 Å². The number of carbonyl (C=O) groups is 1. The van der Waals surface area contributed by atoms with Crippen molar-refractivity contribution in [3.8, 4) is 29.1 Å². The monoisotopic (exact) mass is 400 g/mol. The molecule has 0 fully saturated rings. The topological polar surface area (TPSA) is 55.8 Å². The van der Waals surface area contributed by atoms with Crippen LogP contribution < -0.4 is 9.47 Å². The fourth-order valence-corrected chi connectivity index (χ4v) is 2.99. The molecule has 0 saturated heterocycles. The second kappa shape index (κ2) is 9.67. The first kappa shape index (κ1) is 21.0. The summed E-state index contributed by atoms with van der Waals surface area (Å²) in [4.78, 5) is 11.0. The third-order valence-corrected chi connectivity index (χ3v) is 4.38. The predicted octanol–water partition coefficient (Wildman–Crippen LogP) is 5.46. The number of aryl methyl sites for hydroxylation is 3. The Labute approximate surface area is 177 Å². The lowest BCUT2D eigenvalue weighted by Gasteiger charge is -2.13. The van der Waals surface area contributed by atoms with E-state index in [1.165, 1.54) is 5.56 Å². The number of ether oxygens (including phenoxy) is 2. The van der Waals surface area contributed by atoms with Crippen molar-refractivity contribution in [3.05, 3.63) is 88.5 Å². The predicted molar refractivity (Wildman–Crippen MR) is 117 cm³/mol. The van der Waals surface area contributed by atoms with E-state index in [0.717, 1.165) is 16.7 Å². The summed E-state index contributed by atoms with van der Waals surface area (Å²) in [7, 11) is 0. The highest BCUT2D eigenvalue weighted by molar-refractivity contribution is 5.70. The van der Waals surface area contributed by atoms with E-state index in [1.54, 1.807) is 6.07 Å². The first-order chi connectivity index (χ1) is 14.4. The Kier molecular flexibility index (Phi) is 6.77. The molecule has 0 heterocycles. The van der Waals surface area contributed by atoms with Gasteiger partial charge in [-0.3, -0.25) is 4.79 Å². The van der Waals surface area contributed by atoms with Gasteiger partial charge in [0, 0.05) is 5.56 Å². The number of carboxylic acids is 1. The molecule has 0 amide bonds. The molecular weight excluding hydrogens is 376 g/mol. The zero-order chi connectivity index (χ0) is 21.5. The van der Waals surface area contributed by atoms with Crippen LogP contribution in [0.3, 0.4) is 0 Å². The van der Waals surface area contributed by atoms with Gasteiger partial charge in [-0.25, -0.2) is 0 Å². The van der Waals surface area contributed by atoms with E-state index in [-0.39, 0.29) is 13.0 Å². The van der Waals surface area contributed by atoms with Crippen molar-refractivity contribution in [3.63, 3.8) is 0 Å². The molecule has 4 nitrogen and oxygen atoms in total. The minimum absolute atomic E-state index is 0.0517. The minimum Gasteiger partial charge on any atom is -0.481 e. The zero-order valence-corrected chi connectivity index (χ0v) is 17.4. The summed E-state index contributed by atoms with van der Waals surface area (Å²) in [5.74, 6) is 6.96. The molecule has 30 heavy (non-hydrogen) atoms. The third-order valence-electron chi connectivity index (χ3n) is 4.38. The molecule has 0 aliphatic heterocycles. The van der Waals surface area contributed by atoms with E-state index in [9.17, 15) is 4.79 Å². The van der Waals surface area contributed by atoms with Crippen LogP contribution in [0.5, 0.6) is 17.2 Å². The smallest absolute Gasteiger partial charge is 0.307 e. The Morgan fingerprint density at radius 3 is 2.33 bits per heavy atom. The van der Waals surface area contributed by atoms with Crippen LogP contribution in [-0.4, -0.2) is 17.7 Å². The molecule has 3 aromatic carbocycles. The summed E-state index contributed by atoms with van der Waals surface area (Å²) in [5, 5.41) is 9.06. The van der Waals surface area contributed by atoms with E-state index < -0.39 is 5.97 Å². The average Bonchev–Trinajstić information content (AvgIpc) is 2.67. The van der Waals surface area contributed by atoms with Crippen LogP contribution in [0.4, 0.5) is 0 Å². The van der Waals surface area contributed by atoms with Crippen molar-refractivity contribution in [2.75, 3.05) is 6.61 Å². The van der Waals surface area contributed by atoms with Gasteiger partial charge in [0.05, 0.1) is 6.42 Å². The summed E-state index contributed by atoms with van der Waals surface area (Å²) in [5.41, 5.74) is 4.80. The van der Waals surface area contributed by atoms with Gasteiger partial charge >= 0.3 is 5.97 Å². The first-order valence-corrected chi connectivity index (χ1v) is 9.68. The molecule has 0 spiro atoms. The van der Waals surface area contributed by atoms with Crippen LogP contribution in [0.25, 0.3) is 0 Å². The first-order valence-electron chi connectivity index (χ1n) is 9.68. The van der Waals surface area contributed by atoms with Crippen LogP contribution in [0, 0.1) is 32.6 Å². The molecule has 0 atom stereocenters. The van der Waals surface area contributed by atoms with Crippen LogP contribution in [0.15, 0.2) is 60.7 Å². The van der Waals surface area contributed by atoms with E-state index in [0.29, 0.717) is 22.8 Å². The summed E-state index contributed by atoms with van der Waals surface area (Å²) < 4.78 is 11.9. The maximum Gasteiger partial charge on any atom is 0.307 e. The van der Waals surface area contributed by atoms with Gasteiger partial charge in [0.25, 0.3) is 0 Å². The van der Waals surface area contributed by atoms with E-state index in [4.69, 9.17) is 14.6 Å². The van der Waals surface area contributed by atoms with Crippen LogP contribution in [0.2, 0.25) is 0 Å². The molecule has 4 heteroatoms. The quantitative estimate of drug-likeness (QED) is 0.558. The van der Waals surface area contributed by atoms with Crippen LogP contribution >= 0.6 is 0 Å². The third kappa shape index (κ3) is 6.15. The molecule has 0 bridgehead atoms. The molecule has 0 aliphatic rings. The highest BCUT2D eigenvalue weighted by Gasteiger charge is 2.09. The highest BCUT2D eigenvalue weighted by atomic mass is 16.5. The number of rotatable bonds is 6. The summed E-state index contributed by atoms with van der Waals surface area (Å²) >= 11 is 0. The highest BCUT2D eigenvalue weighted by Crippen LogP contribution is 2.33. The van der Waals surface area contributed by atoms with Gasteiger partial charge in [-0.2, -0.15) is 0 Å². The van der Waals surface area contributed by atoms with Gasteiger partial charge in [-0.1, -0.05) is 41.7 Å². The summed E-state index contributed by atoms with van der Waals surface area (Å²) in [6.45, 7) is 6.15. The number of benzene rings is 3. The van der Waals surface area contributed by atoms with Gasteiger partial charge in [-0.15, -0.1) is 0 Å². The lowest BCUT2D eigenvalue weighted by Crippen LogP contribution is -2.01. The lowest BCUT2D eigenvalue weighted by atomic mass is 10.1. The Morgan fingerprint density at radius 1 is 0.867 bits per heavy atom. The number of aliphatic carboxylic acids is 1. The Hall–Kier alpha value is -3.71. The van der Waals surface area contributed by atoms with Gasteiger partial charge in [0.15, 0.2) is 11.5 Å². The van der Waals surface area contributed by atoms with Crippen molar-refractivity contribution in [2.24, 2.45) is 0 Å². The molecule has 0 radical (unpaired) electrons. The molecular formula is C26H24O4. The Balaban J connectivity index is 1.75. The van der Waals surface area contributed by atoms with Crippen LogP contribution in [0.1, 0.15) is 27.8 Å². The normalized spacial score (nSPS) is 10.1.